The number of rotatable bonds is 5. The number of hydrogen-bond donors (Lipinski definition) is 1. The van der Waals surface area contributed by atoms with Gasteiger partial charge in [-0.2, -0.15) is 0 Å². The third-order valence-corrected chi connectivity index (χ3v) is 15.6. The van der Waals surface area contributed by atoms with Crippen LogP contribution in [-0.2, 0) is 12.3 Å². The van der Waals surface area contributed by atoms with E-state index in [4.69, 9.17) is 5.73 Å². The van der Waals surface area contributed by atoms with Crippen molar-refractivity contribution in [3.05, 3.63) is 120 Å². The van der Waals surface area contributed by atoms with Crippen molar-refractivity contribution in [1.82, 2.24) is 0 Å². The van der Waals surface area contributed by atoms with Crippen molar-refractivity contribution >= 4 is 42.4 Å². The molecule has 4 aromatic rings. The van der Waals surface area contributed by atoms with Crippen molar-refractivity contribution in [2.75, 3.05) is 5.73 Å². The maximum absolute atomic E-state index is 14.4. The molecule has 0 aliphatic carbocycles. The summed E-state index contributed by atoms with van der Waals surface area (Å²) in [6.45, 7) is 0. The van der Waals surface area contributed by atoms with Gasteiger partial charge in [-0.05, 0) is 0 Å². The minimum atomic E-state index is -4.75. The Kier molecular flexibility index (Phi) is 6.29. The summed E-state index contributed by atoms with van der Waals surface area (Å²) in [5.41, 5.74) is 4.73. The van der Waals surface area contributed by atoms with Crippen LogP contribution in [0.25, 0.3) is 0 Å². The van der Waals surface area contributed by atoms with E-state index in [1.165, 1.54) is 6.07 Å². The summed E-state index contributed by atoms with van der Waals surface area (Å²) >= 11 is 4.16. The quantitative estimate of drug-likeness (QED) is 0.232. The van der Waals surface area contributed by atoms with Crippen molar-refractivity contribution in [1.29, 1.82) is 5.26 Å². The van der Waals surface area contributed by atoms with Gasteiger partial charge in [-0.3, -0.25) is 0 Å². The molecule has 0 saturated heterocycles. The van der Waals surface area contributed by atoms with Crippen LogP contribution in [0.1, 0.15) is 16.7 Å². The molecule has 4 rings (SSSR count). The standard InChI is InChI=1S/C27H21BrF3N2P/c28-34(21-10-4-1-5-11-21,22-12-6-2-7-13-22,23-14-8-3-9-15-23)19-24-25(33)17-16-20(18-32)26(24)27(29,30)31/h1-17H,19,33H2. The zero-order chi connectivity index (χ0) is 24.4. The molecule has 34 heavy (non-hydrogen) atoms. The van der Waals surface area contributed by atoms with E-state index < -0.39 is 22.6 Å². The summed E-state index contributed by atoms with van der Waals surface area (Å²) in [6, 6.07) is 32.7. The van der Waals surface area contributed by atoms with Crippen LogP contribution in [0.3, 0.4) is 0 Å². The van der Waals surface area contributed by atoms with Crippen molar-refractivity contribution in [3.8, 4) is 6.07 Å². The fourth-order valence-electron chi connectivity index (χ4n) is 4.49. The molecule has 4 aromatic carbocycles. The number of nitrogen functional groups attached to an aromatic ring is 1. The molecule has 0 heterocycles. The SMILES string of the molecule is N#Cc1ccc(N)c(CP(Br)(c2ccccc2)(c2ccccc2)c2ccccc2)c1C(F)(F)F. The van der Waals surface area contributed by atoms with Gasteiger partial charge in [0.15, 0.2) is 0 Å². The monoisotopic (exact) mass is 540 g/mol. The third kappa shape index (κ3) is 3.90. The Morgan fingerprint density at radius 2 is 1.15 bits per heavy atom. The molecule has 0 saturated carbocycles. The molecule has 0 unspecified atom stereocenters. The second kappa shape index (κ2) is 8.91. The maximum atomic E-state index is 14.4. The van der Waals surface area contributed by atoms with Gasteiger partial charge in [0.1, 0.15) is 0 Å². The van der Waals surface area contributed by atoms with Gasteiger partial charge in [-0.25, -0.2) is 0 Å². The third-order valence-electron chi connectivity index (χ3n) is 6.09. The molecule has 0 amide bonds. The molecule has 0 spiro atoms. The summed E-state index contributed by atoms with van der Waals surface area (Å²) in [5, 5.41) is 8.36. The van der Waals surface area contributed by atoms with Gasteiger partial charge in [-0.15, -0.1) is 0 Å². The number of nitrogens with zero attached hydrogens (tertiary/aromatic N) is 1. The van der Waals surface area contributed by atoms with E-state index in [0.717, 1.165) is 22.0 Å². The Labute approximate surface area is 204 Å². The Morgan fingerprint density at radius 3 is 1.50 bits per heavy atom. The number of nitrogens with two attached hydrogens (primary N) is 1. The first-order chi connectivity index (χ1) is 16.2. The number of anilines is 1. The van der Waals surface area contributed by atoms with Crippen LogP contribution in [0.2, 0.25) is 0 Å². The molecule has 2 nitrogen and oxygen atoms in total. The molecule has 7 heteroatoms. The van der Waals surface area contributed by atoms with Crippen LogP contribution < -0.4 is 21.6 Å². The van der Waals surface area contributed by atoms with E-state index in [0.29, 0.717) is 0 Å². The van der Waals surface area contributed by atoms with Gasteiger partial charge in [-0.1, -0.05) is 0 Å². The predicted octanol–water partition coefficient (Wildman–Crippen LogP) is 6.50. The normalized spacial score (nSPS) is 13.0. The number of nitriles is 1. The number of hydrogen-bond acceptors (Lipinski definition) is 2. The average molecular weight is 541 g/mol. The number of halogens is 4. The minimum absolute atomic E-state index is 0.00238. The van der Waals surface area contributed by atoms with Gasteiger partial charge >= 0.3 is 205 Å². The second-order valence-corrected chi connectivity index (χ2v) is 16.9. The fourth-order valence-corrected chi connectivity index (χ4v) is 12.1. The Bertz CT molecular complexity index is 1250. The van der Waals surface area contributed by atoms with E-state index in [-0.39, 0.29) is 17.4 Å². The summed E-state index contributed by atoms with van der Waals surface area (Å²) in [5.74, 6) is 0. The molecule has 0 radical (unpaired) electrons. The van der Waals surface area contributed by atoms with Crippen LogP contribution in [0.15, 0.2) is 103 Å². The van der Waals surface area contributed by atoms with Crippen molar-refractivity contribution in [2.45, 2.75) is 12.3 Å². The zero-order valence-electron chi connectivity index (χ0n) is 18.0. The first-order valence-electron chi connectivity index (χ1n) is 10.5. The molecule has 0 bridgehead atoms. The number of benzene rings is 4. The molecular formula is C27H21BrF3N2P. The van der Waals surface area contributed by atoms with Crippen LogP contribution in [0.5, 0.6) is 0 Å². The van der Waals surface area contributed by atoms with Crippen molar-refractivity contribution in [3.63, 3.8) is 0 Å². The molecule has 0 fully saturated rings. The zero-order valence-corrected chi connectivity index (χ0v) is 20.5. The van der Waals surface area contributed by atoms with Gasteiger partial charge in [0.25, 0.3) is 0 Å². The van der Waals surface area contributed by atoms with Gasteiger partial charge in [0.05, 0.1) is 0 Å². The Morgan fingerprint density at radius 1 is 0.735 bits per heavy atom. The Hall–Kier alpha value is -3.13. The first-order valence-corrected chi connectivity index (χ1v) is 14.9. The molecule has 172 valence electrons. The predicted molar refractivity (Wildman–Crippen MR) is 138 cm³/mol. The molecule has 0 aromatic heterocycles. The number of alkyl halides is 3. The Balaban J connectivity index is 2.18. The molecule has 0 atom stereocenters. The van der Waals surface area contributed by atoms with E-state index in [1.54, 1.807) is 6.07 Å². The van der Waals surface area contributed by atoms with Gasteiger partial charge in [0.2, 0.25) is 0 Å². The fraction of sp³-hybridized carbons (Fsp3) is 0.0741. The van der Waals surface area contributed by atoms with Gasteiger partial charge < -0.3 is 0 Å². The second-order valence-electron chi connectivity index (χ2n) is 8.01. The van der Waals surface area contributed by atoms with Crippen LogP contribution in [-0.4, -0.2) is 0 Å². The first kappa shape index (κ1) is 24.0. The molecular weight excluding hydrogens is 520 g/mol. The average Bonchev–Trinajstić information content (AvgIpc) is 2.86. The topological polar surface area (TPSA) is 49.8 Å². The van der Waals surface area contributed by atoms with E-state index in [1.807, 2.05) is 91.0 Å². The van der Waals surface area contributed by atoms with E-state index in [2.05, 4.69) is 15.5 Å². The van der Waals surface area contributed by atoms with E-state index in [9.17, 15) is 18.4 Å². The van der Waals surface area contributed by atoms with Gasteiger partial charge in [0, 0.05) is 0 Å². The van der Waals surface area contributed by atoms with Crippen LogP contribution in [0.4, 0.5) is 18.9 Å². The summed E-state index contributed by atoms with van der Waals surface area (Å²) in [7, 11) is 0. The molecule has 2 N–H and O–H groups in total. The van der Waals surface area contributed by atoms with E-state index >= 15 is 0 Å². The van der Waals surface area contributed by atoms with Crippen molar-refractivity contribution < 1.29 is 13.2 Å². The summed E-state index contributed by atoms with van der Waals surface area (Å²) < 4.78 is 43.1. The summed E-state index contributed by atoms with van der Waals surface area (Å²) in [6.07, 6.45) is -4.80. The van der Waals surface area contributed by atoms with Crippen molar-refractivity contribution in [2.24, 2.45) is 0 Å². The molecule has 0 aliphatic heterocycles. The van der Waals surface area contributed by atoms with Crippen LogP contribution in [0, 0.1) is 11.3 Å². The summed E-state index contributed by atoms with van der Waals surface area (Å²) in [4.78, 5) is 0. The molecule has 0 aliphatic rings. The van der Waals surface area contributed by atoms with Crippen LogP contribution >= 0.6 is 20.8 Å².